The molecule has 1 amide bonds. The van der Waals surface area contributed by atoms with Crippen molar-refractivity contribution in [3.05, 3.63) is 29.3 Å². The van der Waals surface area contributed by atoms with Crippen LogP contribution in [0.3, 0.4) is 0 Å². The second kappa shape index (κ2) is 6.32. The highest BCUT2D eigenvalue weighted by atomic mass is 32.1. The van der Waals surface area contributed by atoms with Gasteiger partial charge in [0.05, 0.1) is 5.56 Å². The van der Waals surface area contributed by atoms with Crippen LogP contribution in [0, 0.1) is 0 Å². The molecular weight excluding hydrogens is 275 g/mol. The third-order valence-electron chi connectivity index (χ3n) is 2.60. The van der Waals surface area contributed by atoms with Crippen LogP contribution in [0.1, 0.15) is 37.3 Å². The summed E-state index contributed by atoms with van der Waals surface area (Å²) in [7, 11) is 0. The van der Waals surface area contributed by atoms with Crippen molar-refractivity contribution in [3.8, 4) is 0 Å². The van der Waals surface area contributed by atoms with Gasteiger partial charge in [0, 0.05) is 12.1 Å². The maximum absolute atomic E-state index is 12.9. The van der Waals surface area contributed by atoms with E-state index >= 15 is 0 Å². The molecule has 0 aliphatic carbocycles. The lowest BCUT2D eigenvalue weighted by molar-refractivity contribution is -0.138. The Morgan fingerprint density at radius 2 is 2.00 bits per heavy atom. The van der Waals surface area contributed by atoms with Crippen molar-refractivity contribution in [2.24, 2.45) is 0 Å². The minimum Gasteiger partial charge on any atom is -0.326 e. The predicted molar refractivity (Wildman–Crippen MR) is 72.6 cm³/mol. The number of rotatable bonds is 4. The van der Waals surface area contributed by atoms with E-state index in [9.17, 15) is 18.0 Å². The van der Waals surface area contributed by atoms with Gasteiger partial charge in [-0.15, -0.1) is 0 Å². The van der Waals surface area contributed by atoms with Crippen LogP contribution in [-0.4, -0.2) is 11.7 Å². The summed E-state index contributed by atoms with van der Waals surface area (Å²) in [5.41, 5.74) is -0.325. The van der Waals surface area contributed by atoms with Crippen LogP contribution in [0.15, 0.2) is 18.2 Å². The van der Waals surface area contributed by atoms with Crippen molar-refractivity contribution in [1.29, 1.82) is 0 Å². The molecule has 0 saturated heterocycles. The number of halogens is 3. The van der Waals surface area contributed by atoms with Crippen molar-refractivity contribution >= 4 is 24.2 Å². The standard InChI is InChI=1S/C13H16F3NOS/c1-8(2)10-4-3-9(17-12(18)5-6-19)7-11(10)13(14,15)16/h3-4,7-8,19H,5-6H2,1-2H3,(H,17,18). The second-order valence-electron chi connectivity index (χ2n) is 4.48. The lowest BCUT2D eigenvalue weighted by atomic mass is 9.96. The van der Waals surface area contributed by atoms with Crippen molar-refractivity contribution < 1.29 is 18.0 Å². The molecule has 0 aliphatic rings. The maximum Gasteiger partial charge on any atom is 0.416 e. The van der Waals surface area contributed by atoms with Gasteiger partial charge in [0.15, 0.2) is 0 Å². The molecule has 0 heterocycles. The first-order valence-electron chi connectivity index (χ1n) is 5.87. The number of alkyl halides is 3. The molecular formula is C13H16F3NOS. The van der Waals surface area contributed by atoms with E-state index in [2.05, 4.69) is 17.9 Å². The predicted octanol–water partition coefficient (Wildman–Crippen LogP) is 4.09. The number of anilines is 1. The zero-order chi connectivity index (χ0) is 14.6. The summed E-state index contributed by atoms with van der Waals surface area (Å²) >= 11 is 3.89. The normalized spacial score (nSPS) is 11.7. The largest absolute Gasteiger partial charge is 0.416 e. The van der Waals surface area contributed by atoms with Crippen LogP contribution in [0.25, 0.3) is 0 Å². The first kappa shape index (κ1) is 15.9. The molecule has 1 N–H and O–H groups in total. The molecule has 2 nitrogen and oxygen atoms in total. The monoisotopic (exact) mass is 291 g/mol. The van der Waals surface area contributed by atoms with E-state index in [4.69, 9.17) is 0 Å². The van der Waals surface area contributed by atoms with Crippen LogP contribution in [0.4, 0.5) is 18.9 Å². The Bertz CT molecular complexity index is 458. The zero-order valence-corrected chi connectivity index (χ0v) is 11.6. The lowest BCUT2D eigenvalue weighted by Gasteiger charge is -2.17. The summed E-state index contributed by atoms with van der Waals surface area (Å²) in [4.78, 5) is 11.4. The topological polar surface area (TPSA) is 29.1 Å². The van der Waals surface area contributed by atoms with Crippen LogP contribution in [-0.2, 0) is 11.0 Å². The molecule has 0 aromatic heterocycles. The minimum atomic E-state index is -4.43. The molecule has 0 spiro atoms. The van der Waals surface area contributed by atoms with Crippen molar-refractivity contribution in [2.45, 2.75) is 32.4 Å². The van der Waals surface area contributed by atoms with Gasteiger partial charge in [0.2, 0.25) is 5.91 Å². The molecule has 0 aliphatic heterocycles. The summed E-state index contributed by atoms with van der Waals surface area (Å²) in [5.74, 6) is -0.235. The molecule has 0 bridgehead atoms. The average Bonchev–Trinajstić information content (AvgIpc) is 2.27. The lowest BCUT2D eigenvalue weighted by Crippen LogP contribution is -2.15. The number of benzene rings is 1. The third kappa shape index (κ3) is 4.45. The number of amides is 1. The van der Waals surface area contributed by atoms with Crippen molar-refractivity contribution in [1.82, 2.24) is 0 Å². The fourth-order valence-electron chi connectivity index (χ4n) is 1.71. The summed E-state index contributed by atoms with van der Waals surface area (Å²) in [6, 6.07) is 3.87. The van der Waals surface area contributed by atoms with Crippen molar-refractivity contribution in [3.63, 3.8) is 0 Å². The molecule has 19 heavy (non-hydrogen) atoms. The molecule has 6 heteroatoms. The first-order valence-corrected chi connectivity index (χ1v) is 6.50. The van der Waals surface area contributed by atoms with E-state index in [0.717, 1.165) is 6.07 Å². The Hall–Kier alpha value is -1.17. The first-order chi connectivity index (χ1) is 8.75. The number of hydrogen-bond donors (Lipinski definition) is 2. The molecule has 1 rings (SSSR count). The molecule has 0 fully saturated rings. The maximum atomic E-state index is 12.9. The molecule has 106 valence electrons. The smallest absolute Gasteiger partial charge is 0.326 e. The van der Waals surface area contributed by atoms with E-state index in [-0.39, 0.29) is 29.5 Å². The molecule has 0 atom stereocenters. The van der Waals surface area contributed by atoms with E-state index in [1.165, 1.54) is 12.1 Å². The van der Waals surface area contributed by atoms with Crippen LogP contribution in [0.5, 0.6) is 0 Å². The summed E-state index contributed by atoms with van der Waals surface area (Å²) < 4.78 is 38.8. The van der Waals surface area contributed by atoms with Gasteiger partial charge < -0.3 is 5.32 Å². The Balaban J connectivity index is 3.09. The van der Waals surface area contributed by atoms with Crippen LogP contribution in [0.2, 0.25) is 0 Å². The second-order valence-corrected chi connectivity index (χ2v) is 4.92. The number of carbonyl (C=O) groups is 1. The zero-order valence-electron chi connectivity index (χ0n) is 10.7. The highest BCUT2D eigenvalue weighted by Gasteiger charge is 2.34. The van der Waals surface area contributed by atoms with Gasteiger partial charge in [-0.1, -0.05) is 19.9 Å². The van der Waals surface area contributed by atoms with Crippen molar-refractivity contribution in [2.75, 3.05) is 11.1 Å². The fraction of sp³-hybridized carbons (Fsp3) is 0.462. The molecule has 0 saturated carbocycles. The van der Waals surface area contributed by atoms with Gasteiger partial charge in [-0.05, 0) is 29.4 Å². The highest BCUT2D eigenvalue weighted by Crippen LogP contribution is 2.36. The van der Waals surface area contributed by atoms with Crippen LogP contribution < -0.4 is 5.32 Å². The number of nitrogens with one attached hydrogen (secondary N) is 1. The number of carbonyl (C=O) groups excluding carboxylic acids is 1. The van der Waals surface area contributed by atoms with Gasteiger partial charge in [0.1, 0.15) is 0 Å². The Morgan fingerprint density at radius 3 is 2.47 bits per heavy atom. The van der Waals surface area contributed by atoms with E-state index in [1.54, 1.807) is 13.8 Å². The fourth-order valence-corrected chi connectivity index (χ4v) is 1.91. The molecule has 1 aromatic carbocycles. The van der Waals surface area contributed by atoms with Gasteiger partial charge in [-0.3, -0.25) is 4.79 Å². The Labute approximate surface area is 115 Å². The van der Waals surface area contributed by atoms with E-state index in [0.29, 0.717) is 5.75 Å². The van der Waals surface area contributed by atoms with E-state index < -0.39 is 11.7 Å². The summed E-state index contributed by atoms with van der Waals surface area (Å²) in [6.45, 7) is 3.40. The van der Waals surface area contributed by atoms with Gasteiger partial charge in [0.25, 0.3) is 0 Å². The Morgan fingerprint density at radius 1 is 1.37 bits per heavy atom. The summed E-state index contributed by atoms with van der Waals surface area (Å²) in [6.07, 6.45) is -4.26. The minimum absolute atomic E-state index is 0.156. The summed E-state index contributed by atoms with van der Waals surface area (Å²) in [5, 5.41) is 2.43. The van der Waals surface area contributed by atoms with E-state index in [1.807, 2.05) is 0 Å². The van der Waals surface area contributed by atoms with Gasteiger partial charge in [-0.25, -0.2) is 0 Å². The third-order valence-corrected chi connectivity index (χ3v) is 2.83. The molecule has 0 radical (unpaired) electrons. The number of hydrogen-bond acceptors (Lipinski definition) is 2. The molecule has 0 unspecified atom stereocenters. The molecule has 1 aromatic rings. The number of thiol groups is 1. The average molecular weight is 291 g/mol. The Kier molecular flexibility index (Phi) is 5.29. The SMILES string of the molecule is CC(C)c1ccc(NC(=O)CCS)cc1C(F)(F)F. The van der Waals surface area contributed by atoms with Gasteiger partial charge >= 0.3 is 6.18 Å². The van der Waals surface area contributed by atoms with Crippen LogP contribution >= 0.6 is 12.6 Å². The van der Waals surface area contributed by atoms with Gasteiger partial charge in [-0.2, -0.15) is 25.8 Å². The quantitative estimate of drug-likeness (QED) is 0.804. The highest BCUT2D eigenvalue weighted by molar-refractivity contribution is 7.80.